The smallest absolute Gasteiger partial charge is 0.243 e. The van der Waals surface area contributed by atoms with Gasteiger partial charge in [0.15, 0.2) is 0 Å². The van der Waals surface area contributed by atoms with Gasteiger partial charge in [0.2, 0.25) is 15.9 Å². The van der Waals surface area contributed by atoms with Crippen LogP contribution in [0.4, 0.5) is 10.1 Å². The van der Waals surface area contributed by atoms with Crippen molar-refractivity contribution in [3.8, 4) is 0 Å². The number of nitrogens with one attached hydrogen (secondary N) is 1. The van der Waals surface area contributed by atoms with E-state index in [1.165, 1.54) is 36.4 Å². The number of halogens is 1. The van der Waals surface area contributed by atoms with Gasteiger partial charge in [-0.1, -0.05) is 42.0 Å². The fourth-order valence-electron chi connectivity index (χ4n) is 2.96. The first kappa shape index (κ1) is 21.7. The molecule has 0 saturated carbocycles. The number of carbonyl (C=O) groups is 1. The minimum atomic E-state index is -3.94. The Labute approximate surface area is 176 Å². The van der Waals surface area contributed by atoms with Crippen molar-refractivity contribution < 1.29 is 17.6 Å². The Balaban J connectivity index is 1.87. The molecule has 156 valence electrons. The number of aryl methyl sites for hydroxylation is 2. The first-order valence-electron chi connectivity index (χ1n) is 9.42. The van der Waals surface area contributed by atoms with Crippen LogP contribution >= 0.6 is 0 Å². The van der Waals surface area contributed by atoms with E-state index in [0.717, 1.165) is 15.4 Å². The van der Waals surface area contributed by atoms with Gasteiger partial charge in [0, 0.05) is 12.2 Å². The number of sulfonamides is 1. The van der Waals surface area contributed by atoms with Gasteiger partial charge in [-0.2, -0.15) is 4.31 Å². The monoisotopic (exact) mass is 426 g/mol. The molecule has 0 aliphatic rings. The molecular weight excluding hydrogens is 403 g/mol. The zero-order valence-corrected chi connectivity index (χ0v) is 17.6. The molecule has 0 saturated heterocycles. The number of amides is 1. The Bertz CT molecular complexity index is 1130. The van der Waals surface area contributed by atoms with Crippen LogP contribution < -0.4 is 5.32 Å². The molecule has 0 aliphatic carbocycles. The molecular formula is C23H23FN2O3S. The van der Waals surface area contributed by atoms with E-state index in [-0.39, 0.29) is 18.0 Å². The van der Waals surface area contributed by atoms with Crippen LogP contribution in [0.25, 0.3) is 0 Å². The Morgan fingerprint density at radius 3 is 2.23 bits per heavy atom. The Morgan fingerprint density at radius 2 is 1.60 bits per heavy atom. The molecule has 3 aromatic carbocycles. The molecule has 1 amide bonds. The normalized spacial score (nSPS) is 11.5. The lowest BCUT2D eigenvalue weighted by Crippen LogP contribution is -2.37. The van der Waals surface area contributed by atoms with Crippen molar-refractivity contribution >= 4 is 21.6 Å². The van der Waals surface area contributed by atoms with Gasteiger partial charge in [-0.3, -0.25) is 4.79 Å². The van der Waals surface area contributed by atoms with Gasteiger partial charge in [-0.05, 0) is 61.4 Å². The lowest BCUT2D eigenvalue weighted by molar-refractivity contribution is -0.116. The molecule has 0 aliphatic heterocycles. The summed E-state index contributed by atoms with van der Waals surface area (Å²) in [5, 5.41) is 2.74. The van der Waals surface area contributed by atoms with Gasteiger partial charge in [-0.15, -0.1) is 0 Å². The van der Waals surface area contributed by atoms with Crippen LogP contribution in [-0.4, -0.2) is 25.2 Å². The maximum atomic E-state index is 13.2. The molecule has 0 atom stereocenters. The van der Waals surface area contributed by atoms with Gasteiger partial charge >= 0.3 is 0 Å². The standard InChI is InChI=1S/C23H23FN2O3S/c1-17-6-12-22(13-7-17)30(28,29)26(15-19-8-10-20(24)11-9-19)16-23(27)25-21-5-3-4-18(2)14-21/h3-14H,15-16H2,1-2H3,(H,25,27). The second kappa shape index (κ2) is 9.19. The highest BCUT2D eigenvalue weighted by Gasteiger charge is 2.27. The average Bonchev–Trinajstić information content (AvgIpc) is 2.69. The van der Waals surface area contributed by atoms with E-state index in [2.05, 4.69) is 5.32 Å². The molecule has 0 unspecified atom stereocenters. The molecule has 30 heavy (non-hydrogen) atoms. The maximum Gasteiger partial charge on any atom is 0.243 e. The summed E-state index contributed by atoms with van der Waals surface area (Å²) in [5.74, 6) is -0.873. The van der Waals surface area contributed by atoms with Crippen LogP contribution in [0.5, 0.6) is 0 Å². The number of nitrogens with zero attached hydrogens (tertiary/aromatic N) is 1. The third-order valence-corrected chi connectivity index (χ3v) is 6.36. The summed E-state index contributed by atoms with van der Waals surface area (Å²) in [7, 11) is -3.94. The van der Waals surface area contributed by atoms with Gasteiger partial charge < -0.3 is 5.32 Å². The molecule has 7 heteroatoms. The van der Waals surface area contributed by atoms with Gasteiger partial charge in [0.05, 0.1) is 11.4 Å². The second-order valence-corrected chi connectivity index (χ2v) is 9.07. The summed E-state index contributed by atoms with van der Waals surface area (Å²) < 4.78 is 40.8. The van der Waals surface area contributed by atoms with Gasteiger partial charge in [-0.25, -0.2) is 12.8 Å². The van der Waals surface area contributed by atoms with Crippen LogP contribution in [0.2, 0.25) is 0 Å². The minimum Gasteiger partial charge on any atom is -0.325 e. The summed E-state index contributed by atoms with van der Waals surface area (Å²) in [6.45, 7) is 3.33. The summed E-state index contributed by atoms with van der Waals surface area (Å²) in [6, 6.07) is 19.2. The van der Waals surface area contributed by atoms with E-state index in [9.17, 15) is 17.6 Å². The van der Waals surface area contributed by atoms with E-state index in [4.69, 9.17) is 0 Å². The Morgan fingerprint density at radius 1 is 0.933 bits per heavy atom. The number of hydrogen-bond acceptors (Lipinski definition) is 3. The lowest BCUT2D eigenvalue weighted by atomic mass is 10.2. The van der Waals surface area contributed by atoms with E-state index in [1.807, 2.05) is 26.0 Å². The highest BCUT2D eigenvalue weighted by atomic mass is 32.2. The van der Waals surface area contributed by atoms with Crippen molar-refractivity contribution in [3.63, 3.8) is 0 Å². The summed E-state index contributed by atoms with van der Waals surface area (Å²) in [6.07, 6.45) is 0. The predicted octanol–water partition coefficient (Wildman–Crippen LogP) is 4.27. The summed E-state index contributed by atoms with van der Waals surface area (Å²) >= 11 is 0. The van der Waals surface area contributed by atoms with Crippen LogP contribution in [0.1, 0.15) is 16.7 Å². The maximum absolute atomic E-state index is 13.2. The third kappa shape index (κ3) is 5.52. The first-order valence-corrected chi connectivity index (χ1v) is 10.9. The van der Waals surface area contributed by atoms with Crippen LogP contribution in [0.3, 0.4) is 0 Å². The highest BCUT2D eigenvalue weighted by molar-refractivity contribution is 7.89. The molecule has 0 spiro atoms. The van der Waals surface area contributed by atoms with Crippen LogP contribution in [-0.2, 0) is 21.4 Å². The molecule has 0 bridgehead atoms. The quantitative estimate of drug-likeness (QED) is 0.614. The molecule has 3 aromatic rings. The molecule has 3 rings (SSSR count). The zero-order chi connectivity index (χ0) is 21.7. The number of hydrogen-bond donors (Lipinski definition) is 1. The van der Waals surface area contributed by atoms with E-state index in [0.29, 0.717) is 11.3 Å². The molecule has 0 aromatic heterocycles. The summed E-state index contributed by atoms with van der Waals surface area (Å²) in [4.78, 5) is 12.7. The van der Waals surface area contributed by atoms with E-state index >= 15 is 0 Å². The topological polar surface area (TPSA) is 66.5 Å². The van der Waals surface area contributed by atoms with Crippen molar-refractivity contribution in [2.45, 2.75) is 25.3 Å². The number of rotatable bonds is 7. The third-order valence-electron chi connectivity index (χ3n) is 4.55. The summed E-state index contributed by atoms with van der Waals surface area (Å²) in [5.41, 5.74) is 3.07. The average molecular weight is 427 g/mol. The predicted molar refractivity (Wildman–Crippen MR) is 115 cm³/mol. The highest BCUT2D eigenvalue weighted by Crippen LogP contribution is 2.20. The number of benzene rings is 3. The molecule has 1 N–H and O–H groups in total. The molecule has 0 radical (unpaired) electrons. The number of carbonyl (C=O) groups excluding carboxylic acids is 1. The second-order valence-electron chi connectivity index (χ2n) is 7.13. The molecule has 0 fully saturated rings. The van der Waals surface area contributed by atoms with Crippen LogP contribution in [0, 0.1) is 19.7 Å². The van der Waals surface area contributed by atoms with Crippen molar-refractivity contribution in [1.29, 1.82) is 0 Å². The zero-order valence-electron chi connectivity index (χ0n) is 16.8. The van der Waals surface area contributed by atoms with E-state index in [1.54, 1.807) is 24.3 Å². The van der Waals surface area contributed by atoms with Gasteiger partial charge in [0.1, 0.15) is 5.82 Å². The Kier molecular flexibility index (Phi) is 6.64. The SMILES string of the molecule is Cc1ccc(S(=O)(=O)N(CC(=O)Nc2cccc(C)c2)Cc2ccc(F)cc2)cc1. The molecule has 5 nitrogen and oxygen atoms in total. The molecule has 0 heterocycles. The number of anilines is 1. The van der Waals surface area contributed by atoms with Crippen molar-refractivity contribution in [3.05, 3.63) is 95.3 Å². The van der Waals surface area contributed by atoms with Crippen molar-refractivity contribution in [2.24, 2.45) is 0 Å². The Hall–Kier alpha value is -3.03. The minimum absolute atomic E-state index is 0.0578. The van der Waals surface area contributed by atoms with E-state index < -0.39 is 21.7 Å². The van der Waals surface area contributed by atoms with Crippen molar-refractivity contribution in [2.75, 3.05) is 11.9 Å². The first-order chi connectivity index (χ1) is 14.2. The van der Waals surface area contributed by atoms with Crippen molar-refractivity contribution in [1.82, 2.24) is 4.31 Å². The largest absolute Gasteiger partial charge is 0.325 e. The van der Waals surface area contributed by atoms with Crippen LogP contribution in [0.15, 0.2) is 77.7 Å². The fourth-order valence-corrected chi connectivity index (χ4v) is 4.35. The lowest BCUT2D eigenvalue weighted by Gasteiger charge is -2.22. The fraction of sp³-hybridized carbons (Fsp3) is 0.174. The van der Waals surface area contributed by atoms with Gasteiger partial charge in [0.25, 0.3) is 0 Å².